The average molecular weight is 378 g/mol. The fourth-order valence-electron chi connectivity index (χ4n) is 2.70. The Morgan fingerprint density at radius 3 is 2.42 bits per heavy atom. The van der Waals surface area contributed by atoms with Crippen molar-refractivity contribution in [1.29, 1.82) is 0 Å². The summed E-state index contributed by atoms with van der Waals surface area (Å²) < 4.78 is 109. The summed E-state index contributed by atoms with van der Waals surface area (Å²) in [6, 6.07) is -6.99. The van der Waals surface area contributed by atoms with Gasteiger partial charge < -0.3 is 9.80 Å². The van der Waals surface area contributed by atoms with Crippen LogP contribution in [-0.2, 0) is 9.84 Å². The first-order valence-electron chi connectivity index (χ1n) is 12.9. The van der Waals surface area contributed by atoms with E-state index in [1.54, 1.807) is 4.90 Å². The largest absolute Gasteiger partial charge is 0.367 e. The molecule has 0 N–H and O–H groups in total. The fraction of sp³-hybridized carbons (Fsp3) is 0.250. The zero-order valence-electron chi connectivity index (χ0n) is 23.9. The molecule has 1 aliphatic heterocycles. The zero-order valence-corrected chi connectivity index (χ0v) is 14.7. The Morgan fingerprint density at radius 2 is 1.69 bits per heavy atom. The molecule has 0 spiro atoms. The molecule has 2 heterocycles. The second-order valence-corrected chi connectivity index (χ2v) is 7.70. The SMILES string of the molecule is [2H]c1nc2c(N3CCN(C)CC3)c([2H])c([2H])c([2H])c2c([2H])c1S(=O)(=O)c1c([2H])c([2H])c([2H])c([2H])c1[2H]. The minimum absolute atomic E-state index is 0.118. The van der Waals surface area contributed by atoms with E-state index < -0.39 is 74.1 Å². The van der Waals surface area contributed by atoms with Crippen LogP contribution in [0.2, 0.25) is 0 Å². The summed E-state index contributed by atoms with van der Waals surface area (Å²) in [6.07, 6.45) is -0.925. The first-order chi connectivity index (χ1) is 16.7. The van der Waals surface area contributed by atoms with Gasteiger partial charge in [0.15, 0.2) is 0 Å². The van der Waals surface area contributed by atoms with E-state index in [9.17, 15) is 8.42 Å². The van der Waals surface area contributed by atoms with Crippen molar-refractivity contribution >= 4 is 26.4 Å². The van der Waals surface area contributed by atoms with Gasteiger partial charge in [-0.25, -0.2) is 8.42 Å². The third kappa shape index (κ3) is 3.06. The van der Waals surface area contributed by atoms with E-state index in [0.29, 0.717) is 26.2 Å². The first kappa shape index (κ1) is 8.97. The lowest BCUT2D eigenvalue weighted by Gasteiger charge is -2.34. The van der Waals surface area contributed by atoms with E-state index >= 15 is 0 Å². The highest BCUT2D eigenvalue weighted by Gasteiger charge is 2.20. The van der Waals surface area contributed by atoms with Crippen LogP contribution in [0.25, 0.3) is 10.9 Å². The number of aromatic nitrogens is 1. The van der Waals surface area contributed by atoms with E-state index in [0.717, 1.165) is 0 Å². The second kappa shape index (κ2) is 6.70. The molecule has 0 radical (unpaired) electrons. The summed E-state index contributed by atoms with van der Waals surface area (Å²) >= 11 is 0. The molecule has 0 aliphatic carbocycles. The number of rotatable bonds is 3. The normalized spacial score (nSPS) is 21.5. The Kier molecular flexibility index (Phi) is 2.31. The third-order valence-electron chi connectivity index (χ3n) is 4.17. The molecule has 5 nitrogen and oxygen atoms in total. The van der Waals surface area contributed by atoms with Gasteiger partial charge in [0.2, 0.25) is 9.84 Å². The molecule has 1 fully saturated rings. The number of nitrogens with zero attached hydrogens (tertiary/aromatic N) is 3. The molecule has 0 unspecified atom stereocenters. The molecule has 0 bridgehead atoms. The lowest BCUT2D eigenvalue weighted by atomic mass is 10.1. The summed E-state index contributed by atoms with van der Waals surface area (Å²) in [6.45, 7) is 2.14. The fourth-order valence-corrected chi connectivity index (χ4v) is 3.68. The topological polar surface area (TPSA) is 53.5 Å². The van der Waals surface area contributed by atoms with Gasteiger partial charge in [0.25, 0.3) is 0 Å². The standard InChI is InChI=1S/C20H21N3O2S/c1-22-10-12-23(13-11-22)19-9-5-6-16-14-18(15-21-20(16)19)26(24,25)17-7-3-2-4-8-17/h2-9,14-15H,10-13H2,1H3/i2D,3D,4D,5D,6D,7D,8D,9D,14D,15D. The molecule has 0 amide bonds. The van der Waals surface area contributed by atoms with Gasteiger partial charge in [0.1, 0.15) is 0 Å². The predicted molar refractivity (Wildman–Crippen MR) is 103 cm³/mol. The Labute approximate surface area is 167 Å². The van der Waals surface area contributed by atoms with E-state index in [1.807, 2.05) is 11.9 Å². The lowest BCUT2D eigenvalue weighted by molar-refractivity contribution is 0.313. The molecule has 4 rings (SSSR count). The highest BCUT2D eigenvalue weighted by molar-refractivity contribution is 7.91. The molecule has 3 aromatic rings. The van der Waals surface area contributed by atoms with Gasteiger partial charge in [-0.1, -0.05) is 30.2 Å². The van der Waals surface area contributed by atoms with Crippen LogP contribution in [-0.4, -0.2) is 51.5 Å². The number of anilines is 1. The highest BCUT2D eigenvalue weighted by atomic mass is 32.2. The summed E-state index contributed by atoms with van der Waals surface area (Å²) in [5.74, 6) is 0. The molecule has 1 saturated heterocycles. The molecular weight excluding hydrogens is 346 g/mol. The van der Waals surface area contributed by atoms with Crippen LogP contribution in [0.5, 0.6) is 0 Å². The number of hydrogen-bond acceptors (Lipinski definition) is 5. The van der Waals surface area contributed by atoms with Crippen LogP contribution in [0, 0.1) is 0 Å². The quantitative estimate of drug-likeness (QED) is 0.702. The van der Waals surface area contributed by atoms with Gasteiger partial charge >= 0.3 is 0 Å². The van der Waals surface area contributed by atoms with Crippen molar-refractivity contribution < 1.29 is 22.1 Å². The molecule has 1 aromatic heterocycles. The Balaban J connectivity index is 2.08. The van der Waals surface area contributed by atoms with Crippen molar-refractivity contribution in [3.8, 4) is 0 Å². The monoisotopic (exact) mass is 377 g/mol. The van der Waals surface area contributed by atoms with Gasteiger partial charge in [-0.05, 0) is 31.2 Å². The Morgan fingerprint density at radius 1 is 0.962 bits per heavy atom. The minimum Gasteiger partial charge on any atom is -0.367 e. The molecular formula is C20H21N3O2S. The maximum absolute atomic E-state index is 13.6. The number of pyridine rings is 1. The van der Waals surface area contributed by atoms with Crippen molar-refractivity contribution in [3.05, 3.63) is 60.6 Å². The van der Waals surface area contributed by atoms with Crippen LogP contribution >= 0.6 is 0 Å². The molecule has 2 aromatic carbocycles. The van der Waals surface area contributed by atoms with Crippen LogP contribution < -0.4 is 4.90 Å². The summed E-state index contributed by atoms with van der Waals surface area (Å²) in [5.41, 5.74) is -0.0200. The summed E-state index contributed by atoms with van der Waals surface area (Å²) in [4.78, 5) is 5.69. The van der Waals surface area contributed by atoms with E-state index in [-0.39, 0.29) is 22.6 Å². The average Bonchev–Trinajstić information content (AvgIpc) is 2.80. The van der Waals surface area contributed by atoms with E-state index in [2.05, 4.69) is 4.98 Å². The summed E-state index contributed by atoms with van der Waals surface area (Å²) in [7, 11) is -3.13. The highest BCUT2D eigenvalue weighted by Crippen LogP contribution is 2.29. The van der Waals surface area contributed by atoms with Gasteiger partial charge in [-0.2, -0.15) is 0 Å². The number of para-hydroxylation sites is 1. The number of piperazine rings is 1. The zero-order chi connectivity index (χ0) is 26.9. The molecule has 6 heteroatoms. The van der Waals surface area contributed by atoms with Crippen LogP contribution in [0.3, 0.4) is 0 Å². The molecule has 0 saturated carbocycles. The predicted octanol–water partition coefficient (Wildman–Crippen LogP) is 2.82. The maximum atomic E-state index is 13.6. The lowest BCUT2D eigenvalue weighted by Crippen LogP contribution is -2.44. The van der Waals surface area contributed by atoms with Crippen molar-refractivity contribution in [2.75, 3.05) is 38.1 Å². The number of benzene rings is 2. The Hall–Kier alpha value is -2.44. The van der Waals surface area contributed by atoms with Gasteiger partial charge in [-0.3, -0.25) is 4.98 Å². The first-order valence-corrected chi connectivity index (χ1v) is 9.36. The Bertz CT molecular complexity index is 1510. The van der Waals surface area contributed by atoms with Crippen molar-refractivity contribution in [3.63, 3.8) is 0 Å². The van der Waals surface area contributed by atoms with E-state index in [4.69, 9.17) is 13.7 Å². The molecule has 134 valence electrons. The van der Waals surface area contributed by atoms with Gasteiger partial charge in [0, 0.05) is 37.7 Å². The number of fused-ring (bicyclic) bond motifs is 1. The van der Waals surface area contributed by atoms with Crippen molar-refractivity contribution in [1.82, 2.24) is 9.88 Å². The van der Waals surface area contributed by atoms with Crippen LogP contribution in [0.4, 0.5) is 5.69 Å². The van der Waals surface area contributed by atoms with Crippen molar-refractivity contribution in [2.24, 2.45) is 0 Å². The molecule has 0 atom stereocenters. The molecule has 1 aliphatic rings. The van der Waals surface area contributed by atoms with Crippen LogP contribution in [0.15, 0.2) is 70.3 Å². The molecule has 26 heavy (non-hydrogen) atoms. The number of sulfone groups is 1. The number of hydrogen-bond donors (Lipinski definition) is 0. The maximum Gasteiger partial charge on any atom is 0.208 e. The van der Waals surface area contributed by atoms with Crippen molar-refractivity contribution in [2.45, 2.75) is 9.79 Å². The smallest absolute Gasteiger partial charge is 0.208 e. The van der Waals surface area contributed by atoms with E-state index in [1.165, 1.54) is 0 Å². The summed E-state index contributed by atoms with van der Waals surface area (Å²) in [5, 5.41) is -0.369. The van der Waals surface area contributed by atoms with Gasteiger partial charge in [-0.15, -0.1) is 0 Å². The second-order valence-electron chi connectivity index (χ2n) is 5.87. The van der Waals surface area contributed by atoms with Gasteiger partial charge in [0.05, 0.1) is 34.7 Å². The third-order valence-corrected chi connectivity index (χ3v) is 5.64. The number of likely N-dealkylation sites (N-methyl/N-ethyl adjacent to an activating group) is 1. The van der Waals surface area contributed by atoms with Crippen LogP contribution in [0.1, 0.15) is 13.7 Å². The minimum atomic E-state index is -5.05.